The summed E-state index contributed by atoms with van der Waals surface area (Å²) in [5.41, 5.74) is 0.793. The third kappa shape index (κ3) is 3.46. The van der Waals surface area contributed by atoms with Gasteiger partial charge < -0.3 is 0 Å². The Balaban J connectivity index is 1.91. The maximum absolute atomic E-state index is 12.6. The number of thiol groups is 1. The van der Waals surface area contributed by atoms with Gasteiger partial charge in [0.2, 0.25) is 0 Å². The first-order chi connectivity index (χ1) is 10.8. The molecule has 1 nitrogen and oxygen atoms in total. The summed E-state index contributed by atoms with van der Waals surface area (Å²) in [7, 11) is -0.663. The van der Waals surface area contributed by atoms with Gasteiger partial charge in [-0.05, 0) is 34.1 Å². The number of hydrogen-bond donors (Lipinski definition) is 1. The molecule has 0 unspecified atom stereocenters. The summed E-state index contributed by atoms with van der Waals surface area (Å²) < 4.78 is 0. The lowest BCUT2D eigenvalue weighted by molar-refractivity contribution is 0.102. The van der Waals surface area contributed by atoms with Crippen molar-refractivity contribution in [2.45, 2.75) is 9.79 Å². The average Bonchev–Trinajstić information content (AvgIpc) is 2.62. The molecule has 0 saturated carbocycles. The lowest BCUT2D eigenvalue weighted by atomic mass is 10.2. The molecule has 0 aliphatic heterocycles. The molecular formula is C20H18OS. The van der Waals surface area contributed by atoms with E-state index in [0.717, 1.165) is 5.56 Å². The maximum Gasteiger partial charge on any atom is 0.171 e. The minimum absolute atomic E-state index is 0.208. The fourth-order valence-corrected chi connectivity index (χ4v) is 4.60. The Bertz CT molecular complexity index is 684. The van der Waals surface area contributed by atoms with Crippen LogP contribution in [-0.2, 0) is 0 Å². The zero-order chi connectivity index (χ0) is 15.2. The molecule has 0 atom stereocenters. The van der Waals surface area contributed by atoms with Crippen LogP contribution in [0.4, 0.5) is 0 Å². The van der Waals surface area contributed by atoms with Gasteiger partial charge in [-0.25, -0.2) is 0 Å². The molecule has 110 valence electrons. The van der Waals surface area contributed by atoms with Crippen LogP contribution < -0.4 is 0 Å². The molecule has 0 saturated heterocycles. The van der Waals surface area contributed by atoms with Crippen molar-refractivity contribution in [2.75, 3.05) is 5.75 Å². The Labute approximate surface area is 134 Å². The molecule has 0 fully saturated rings. The van der Waals surface area contributed by atoms with Crippen LogP contribution in [0.25, 0.3) is 0 Å². The zero-order valence-corrected chi connectivity index (χ0v) is 13.1. The summed E-state index contributed by atoms with van der Waals surface area (Å²) >= 11 is 0. The van der Waals surface area contributed by atoms with Gasteiger partial charge in [0, 0.05) is 11.3 Å². The first kappa shape index (κ1) is 14.6. The van der Waals surface area contributed by atoms with Crippen molar-refractivity contribution >= 4 is 16.7 Å². The highest BCUT2D eigenvalue weighted by molar-refractivity contribution is 8.17. The number of carbonyl (C=O) groups excluding carboxylic acids is 1. The maximum atomic E-state index is 12.6. The summed E-state index contributed by atoms with van der Waals surface area (Å²) in [5, 5.41) is 0. The smallest absolute Gasteiger partial charge is 0.171 e. The van der Waals surface area contributed by atoms with Gasteiger partial charge in [0.15, 0.2) is 5.78 Å². The minimum atomic E-state index is -0.663. The molecule has 0 radical (unpaired) electrons. The molecule has 22 heavy (non-hydrogen) atoms. The highest BCUT2D eigenvalue weighted by Crippen LogP contribution is 2.44. The molecule has 0 amide bonds. The number of carbonyl (C=O) groups is 1. The molecule has 0 heterocycles. The molecule has 0 N–H and O–H groups in total. The van der Waals surface area contributed by atoms with Gasteiger partial charge in [0.05, 0.1) is 0 Å². The van der Waals surface area contributed by atoms with Crippen LogP contribution in [0, 0.1) is 0 Å². The van der Waals surface area contributed by atoms with E-state index in [0.29, 0.717) is 5.75 Å². The minimum Gasteiger partial charge on any atom is -0.293 e. The fourth-order valence-electron chi connectivity index (χ4n) is 2.41. The predicted octanol–water partition coefficient (Wildman–Crippen LogP) is 4.99. The number of ketones is 1. The van der Waals surface area contributed by atoms with Crippen molar-refractivity contribution in [1.82, 2.24) is 0 Å². The van der Waals surface area contributed by atoms with Crippen LogP contribution in [0.5, 0.6) is 0 Å². The number of hydrogen-bond acceptors (Lipinski definition) is 1. The second-order valence-corrected chi connectivity index (χ2v) is 7.25. The summed E-state index contributed by atoms with van der Waals surface area (Å²) in [6, 6.07) is 30.2. The van der Waals surface area contributed by atoms with Crippen LogP contribution >= 0.6 is 10.9 Å². The predicted molar refractivity (Wildman–Crippen MR) is 94.0 cm³/mol. The highest BCUT2D eigenvalue weighted by Gasteiger charge is 2.15. The summed E-state index contributed by atoms with van der Waals surface area (Å²) in [6.45, 7) is 0. The monoisotopic (exact) mass is 306 g/mol. The van der Waals surface area contributed by atoms with E-state index in [1.54, 1.807) is 0 Å². The van der Waals surface area contributed by atoms with Gasteiger partial charge >= 0.3 is 0 Å². The van der Waals surface area contributed by atoms with Crippen LogP contribution in [0.2, 0.25) is 0 Å². The van der Waals surface area contributed by atoms with Gasteiger partial charge in [-0.1, -0.05) is 66.7 Å². The van der Waals surface area contributed by atoms with E-state index in [1.165, 1.54) is 9.79 Å². The van der Waals surface area contributed by atoms with Crippen molar-refractivity contribution < 1.29 is 4.79 Å². The quantitative estimate of drug-likeness (QED) is 0.519. The van der Waals surface area contributed by atoms with E-state index >= 15 is 0 Å². The van der Waals surface area contributed by atoms with Crippen molar-refractivity contribution in [3.05, 3.63) is 96.6 Å². The summed E-state index contributed by atoms with van der Waals surface area (Å²) in [4.78, 5) is 15.1. The van der Waals surface area contributed by atoms with Crippen molar-refractivity contribution in [1.29, 1.82) is 0 Å². The average molecular weight is 306 g/mol. The SMILES string of the molecule is O=C(C[SH](c1ccccc1)c1ccccc1)c1ccccc1. The second kappa shape index (κ2) is 7.10. The number of rotatable bonds is 5. The molecule has 0 spiro atoms. The topological polar surface area (TPSA) is 17.1 Å². The van der Waals surface area contributed by atoms with Gasteiger partial charge in [-0.15, -0.1) is 0 Å². The molecular weight excluding hydrogens is 288 g/mol. The highest BCUT2D eigenvalue weighted by atomic mass is 32.2. The van der Waals surface area contributed by atoms with Crippen molar-refractivity contribution in [3.63, 3.8) is 0 Å². The molecule has 3 rings (SSSR count). The normalized spacial score (nSPS) is 11.0. The van der Waals surface area contributed by atoms with Crippen LogP contribution in [-0.4, -0.2) is 11.5 Å². The van der Waals surface area contributed by atoms with Crippen LogP contribution in [0.3, 0.4) is 0 Å². The first-order valence-electron chi connectivity index (χ1n) is 7.30. The molecule has 2 heteroatoms. The number of Topliss-reactive ketones (excluding diaryl/α,β-unsaturated/α-hetero) is 1. The number of benzene rings is 3. The van der Waals surface area contributed by atoms with Crippen molar-refractivity contribution in [3.8, 4) is 0 Å². The largest absolute Gasteiger partial charge is 0.293 e. The summed E-state index contributed by atoms with van der Waals surface area (Å²) in [6.07, 6.45) is 0. The third-order valence-corrected chi connectivity index (χ3v) is 5.98. The van der Waals surface area contributed by atoms with Crippen molar-refractivity contribution in [2.24, 2.45) is 0 Å². The molecule has 3 aromatic rings. The van der Waals surface area contributed by atoms with E-state index in [1.807, 2.05) is 66.7 Å². The lowest BCUT2D eigenvalue weighted by Gasteiger charge is -2.22. The van der Waals surface area contributed by atoms with E-state index in [4.69, 9.17) is 0 Å². The molecule has 0 aliphatic rings. The van der Waals surface area contributed by atoms with Gasteiger partial charge in [-0.2, -0.15) is 10.9 Å². The Morgan fingerprint density at radius 3 is 1.50 bits per heavy atom. The van der Waals surface area contributed by atoms with E-state index < -0.39 is 10.9 Å². The van der Waals surface area contributed by atoms with Crippen LogP contribution in [0.1, 0.15) is 10.4 Å². The Morgan fingerprint density at radius 1 is 0.636 bits per heavy atom. The third-order valence-electron chi connectivity index (χ3n) is 3.53. The molecule has 0 aliphatic carbocycles. The Hall–Kier alpha value is -2.32. The summed E-state index contributed by atoms with van der Waals surface area (Å²) in [5.74, 6) is 0.757. The van der Waals surface area contributed by atoms with E-state index in [9.17, 15) is 4.79 Å². The Morgan fingerprint density at radius 2 is 1.05 bits per heavy atom. The lowest BCUT2D eigenvalue weighted by Crippen LogP contribution is -2.06. The first-order valence-corrected chi connectivity index (χ1v) is 8.83. The zero-order valence-electron chi connectivity index (χ0n) is 12.2. The van der Waals surface area contributed by atoms with Crippen LogP contribution in [0.15, 0.2) is 101 Å². The molecule has 3 aromatic carbocycles. The Kier molecular flexibility index (Phi) is 4.71. The standard InChI is InChI=1S/C20H18OS/c21-20(17-10-4-1-5-11-17)16-22(18-12-6-2-7-13-18)19-14-8-3-9-15-19/h1-15,22H,16H2. The molecule has 0 bridgehead atoms. The van der Waals surface area contributed by atoms with Gasteiger partial charge in [0.25, 0.3) is 0 Å². The van der Waals surface area contributed by atoms with E-state index in [-0.39, 0.29) is 5.78 Å². The fraction of sp³-hybridized carbons (Fsp3) is 0.0500. The van der Waals surface area contributed by atoms with E-state index in [2.05, 4.69) is 24.3 Å². The molecule has 0 aromatic heterocycles. The second-order valence-electron chi connectivity index (χ2n) is 5.05. The van der Waals surface area contributed by atoms with Gasteiger partial charge in [0.1, 0.15) is 0 Å². The van der Waals surface area contributed by atoms with Gasteiger partial charge in [-0.3, -0.25) is 4.79 Å².